The van der Waals surface area contributed by atoms with Crippen LogP contribution in [0.3, 0.4) is 0 Å². The highest BCUT2D eigenvalue weighted by Crippen LogP contribution is 2.24. The zero-order chi connectivity index (χ0) is 18.5. The van der Waals surface area contributed by atoms with Crippen LogP contribution in [0.25, 0.3) is 22.0 Å². The van der Waals surface area contributed by atoms with Crippen molar-refractivity contribution in [2.24, 2.45) is 0 Å². The van der Waals surface area contributed by atoms with E-state index in [0.29, 0.717) is 17.9 Å². The minimum atomic E-state index is -0.220. The second-order valence-corrected chi connectivity index (χ2v) is 6.83. The van der Waals surface area contributed by atoms with Crippen LogP contribution in [0.5, 0.6) is 0 Å². The van der Waals surface area contributed by atoms with Gasteiger partial charge in [0.2, 0.25) is 0 Å². The molecular formula is C20H15N5OS. The van der Waals surface area contributed by atoms with Crippen molar-refractivity contribution in [2.45, 2.75) is 6.54 Å². The molecule has 0 aliphatic rings. The van der Waals surface area contributed by atoms with Gasteiger partial charge in [-0.25, -0.2) is 15.0 Å². The molecule has 1 N–H and O–H groups in total. The number of nitrogens with zero attached hydrogens (tertiary/aromatic N) is 4. The smallest absolute Gasteiger partial charge is 0.254 e. The highest BCUT2D eigenvalue weighted by molar-refractivity contribution is 7.15. The summed E-state index contributed by atoms with van der Waals surface area (Å²) in [5.41, 5.74) is 2.29. The Hall–Kier alpha value is -3.45. The summed E-state index contributed by atoms with van der Waals surface area (Å²) in [5, 5.41) is 3.81. The third kappa shape index (κ3) is 4.04. The average Bonchev–Trinajstić information content (AvgIpc) is 3.22. The van der Waals surface area contributed by atoms with Gasteiger partial charge in [0.1, 0.15) is 5.01 Å². The Morgan fingerprint density at radius 2 is 1.67 bits per heavy atom. The first-order valence-electron chi connectivity index (χ1n) is 8.30. The predicted octanol–water partition coefficient (Wildman–Crippen LogP) is 3.59. The standard InChI is InChI=1S/C20H15N5OS/c26-19(16-10-22-18(23-11-16)15-7-4-8-21-9-15)24-12-17-13-25-20(27-17)14-5-2-1-3-6-14/h1-11,13H,12H2,(H,24,26). The van der Waals surface area contributed by atoms with Gasteiger partial charge in [0.05, 0.1) is 12.1 Å². The largest absolute Gasteiger partial charge is 0.347 e. The highest BCUT2D eigenvalue weighted by atomic mass is 32.1. The van der Waals surface area contributed by atoms with Gasteiger partial charge in [-0.1, -0.05) is 30.3 Å². The van der Waals surface area contributed by atoms with E-state index in [4.69, 9.17) is 0 Å². The predicted molar refractivity (Wildman–Crippen MR) is 104 cm³/mol. The van der Waals surface area contributed by atoms with Crippen LogP contribution >= 0.6 is 11.3 Å². The molecule has 1 amide bonds. The van der Waals surface area contributed by atoms with Crippen LogP contribution in [0, 0.1) is 0 Å². The first kappa shape index (κ1) is 17.0. The minimum Gasteiger partial charge on any atom is -0.347 e. The number of benzene rings is 1. The SMILES string of the molecule is O=C(NCc1cnc(-c2ccccc2)s1)c1cnc(-c2cccnc2)nc1. The van der Waals surface area contributed by atoms with Crippen molar-refractivity contribution in [3.8, 4) is 22.0 Å². The molecule has 0 spiro atoms. The molecule has 1 aromatic carbocycles. The molecule has 0 radical (unpaired) electrons. The molecule has 3 aromatic heterocycles. The number of carbonyl (C=O) groups is 1. The number of aromatic nitrogens is 4. The summed E-state index contributed by atoms with van der Waals surface area (Å²) >= 11 is 1.56. The molecule has 0 aliphatic heterocycles. The zero-order valence-corrected chi connectivity index (χ0v) is 15.1. The Bertz CT molecular complexity index is 1030. The van der Waals surface area contributed by atoms with Crippen LogP contribution in [-0.4, -0.2) is 25.8 Å². The Balaban J connectivity index is 1.39. The molecule has 0 bridgehead atoms. The van der Waals surface area contributed by atoms with Gasteiger partial charge in [0.15, 0.2) is 5.82 Å². The summed E-state index contributed by atoms with van der Waals surface area (Å²) in [6, 6.07) is 13.7. The van der Waals surface area contributed by atoms with E-state index in [9.17, 15) is 4.79 Å². The quantitative estimate of drug-likeness (QED) is 0.578. The number of nitrogens with one attached hydrogen (secondary N) is 1. The molecule has 27 heavy (non-hydrogen) atoms. The number of thiazole rings is 1. The fraction of sp³-hybridized carbons (Fsp3) is 0.0500. The van der Waals surface area contributed by atoms with E-state index in [1.807, 2.05) is 42.5 Å². The number of hydrogen-bond acceptors (Lipinski definition) is 6. The van der Waals surface area contributed by atoms with E-state index in [-0.39, 0.29) is 5.91 Å². The molecule has 0 aliphatic carbocycles. The van der Waals surface area contributed by atoms with Gasteiger partial charge in [-0.3, -0.25) is 9.78 Å². The molecule has 0 atom stereocenters. The maximum absolute atomic E-state index is 12.3. The van der Waals surface area contributed by atoms with E-state index < -0.39 is 0 Å². The van der Waals surface area contributed by atoms with Crippen LogP contribution in [-0.2, 0) is 6.54 Å². The summed E-state index contributed by atoms with van der Waals surface area (Å²) in [5.74, 6) is 0.317. The summed E-state index contributed by atoms with van der Waals surface area (Å²) < 4.78 is 0. The summed E-state index contributed by atoms with van der Waals surface area (Å²) in [4.78, 5) is 30.3. The molecule has 4 aromatic rings. The van der Waals surface area contributed by atoms with Crippen molar-refractivity contribution in [3.63, 3.8) is 0 Å². The summed E-state index contributed by atoms with van der Waals surface area (Å²) in [7, 11) is 0. The van der Waals surface area contributed by atoms with Crippen LogP contribution in [0.2, 0.25) is 0 Å². The van der Waals surface area contributed by atoms with Gasteiger partial charge in [-0.2, -0.15) is 0 Å². The summed E-state index contributed by atoms with van der Waals surface area (Å²) in [6.07, 6.45) is 8.20. The first-order valence-corrected chi connectivity index (χ1v) is 9.12. The minimum absolute atomic E-state index is 0.220. The lowest BCUT2D eigenvalue weighted by molar-refractivity contribution is 0.0950. The van der Waals surface area contributed by atoms with Crippen molar-refractivity contribution in [1.29, 1.82) is 0 Å². The van der Waals surface area contributed by atoms with E-state index in [2.05, 4.69) is 25.3 Å². The van der Waals surface area contributed by atoms with Gasteiger partial charge >= 0.3 is 0 Å². The topological polar surface area (TPSA) is 80.7 Å². The number of amides is 1. The molecule has 4 rings (SSSR count). The second-order valence-electron chi connectivity index (χ2n) is 5.72. The molecule has 3 heterocycles. The number of rotatable bonds is 5. The lowest BCUT2D eigenvalue weighted by atomic mass is 10.2. The van der Waals surface area contributed by atoms with E-state index in [0.717, 1.165) is 21.0 Å². The van der Waals surface area contributed by atoms with Crippen LogP contribution < -0.4 is 5.32 Å². The maximum atomic E-state index is 12.3. The molecule has 7 heteroatoms. The summed E-state index contributed by atoms with van der Waals surface area (Å²) in [6.45, 7) is 0.410. The van der Waals surface area contributed by atoms with Crippen molar-refractivity contribution in [3.05, 3.63) is 83.9 Å². The Morgan fingerprint density at radius 1 is 0.889 bits per heavy atom. The molecule has 0 saturated heterocycles. The van der Waals surface area contributed by atoms with Gasteiger partial charge in [-0.05, 0) is 12.1 Å². The Kier molecular flexibility index (Phi) is 4.93. The lowest BCUT2D eigenvalue weighted by Gasteiger charge is -2.04. The fourth-order valence-electron chi connectivity index (χ4n) is 2.46. The molecular weight excluding hydrogens is 358 g/mol. The van der Waals surface area contributed by atoms with Crippen molar-refractivity contribution in [2.75, 3.05) is 0 Å². The molecule has 0 saturated carbocycles. The van der Waals surface area contributed by atoms with E-state index in [1.54, 1.807) is 29.9 Å². The van der Waals surface area contributed by atoms with Gasteiger partial charge in [0.25, 0.3) is 5.91 Å². The Labute approximate surface area is 160 Å². The molecule has 132 valence electrons. The van der Waals surface area contributed by atoms with Gasteiger partial charge in [-0.15, -0.1) is 11.3 Å². The van der Waals surface area contributed by atoms with Crippen LogP contribution in [0.4, 0.5) is 0 Å². The lowest BCUT2D eigenvalue weighted by Crippen LogP contribution is -2.22. The number of hydrogen-bond donors (Lipinski definition) is 1. The monoisotopic (exact) mass is 373 g/mol. The van der Waals surface area contributed by atoms with Crippen molar-refractivity contribution in [1.82, 2.24) is 25.3 Å². The van der Waals surface area contributed by atoms with E-state index >= 15 is 0 Å². The average molecular weight is 373 g/mol. The maximum Gasteiger partial charge on any atom is 0.254 e. The van der Waals surface area contributed by atoms with Gasteiger partial charge in [0, 0.05) is 47.0 Å². The molecule has 0 unspecified atom stereocenters. The van der Waals surface area contributed by atoms with Crippen LogP contribution in [0.1, 0.15) is 15.2 Å². The van der Waals surface area contributed by atoms with E-state index in [1.165, 1.54) is 12.4 Å². The fourth-order valence-corrected chi connectivity index (χ4v) is 3.32. The zero-order valence-electron chi connectivity index (χ0n) is 14.2. The number of carbonyl (C=O) groups excluding carboxylic acids is 1. The number of pyridine rings is 1. The first-order chi connectivity index (χ1) is 13.3. The third-order valence-electron chi connectivity index (χ3n) is 3.83. The molecule has 0 fully saturated rings. The van der Waals surface area contributed by atoms with Crippen LogP contribution in [0.15, 0.2) is 73.4 Å². The van der Waals surface area contributed by atoms with Gasteiger partial charge < -0.3 is 5.32 Å². The van der Waals surface area contributed by atoms with Crippen molar-refractivity contribution < 1.29 is 4.79 Å². The third-order valence-corrected chi connectivity index (χ3v) is 4.88. The van der Waals surface area contributed by atoms with Crippen molar-refractivity contribution >= 4 is 17.2 Å². The Morgan fingerprint density at radius 3 is 2.41 bits per heavy atom. The molecule has 6 nitrogen and oxygen atoms in total. The second kappa shape index (κ2) is 7.84. The highest BCUT2D eigenvalue weighted by Gasteiger charge is 2.10. The normalized spacial score (nSPS) is 10.5.